The number of nitriles is 1. The predicted molar refractivity (Wildman–Crippen MR) is 166 cm³/mol. The Morgan fingerprint density at radius 3 is 2.57 bits per heavy atom. The Hall–Kier alpha value is -5.03. The molecular formula is C30H37N9O5. The minimum atomic E-state index is -0.604. The van der Waals surface area contributed by atoms with Crippen molar-refractivity contribution in [2.45, 2.75) is 39.2 Å². The van der Waals surface area contributed by atoms with Crippen LogP contribution in [-0.4, -0.2) is 84.7 Å². The van der Waals surface area contributed by atoms with Gasteiger partial charge in [-0.3, -0.25) is 10.1 Å². The van der Waals surface area contributed by atoms with Crippen molar-refractivity contribution in [1.82, 2.24) is 19.9 Å². The molecular weight excluding hydrogens is 566 g/mol. The summed E-state index contributed by atoms with van der Waals surface area (Å²) in [5.74, 6) is 0.0830. The molecule has 44 heavy (non-hydrogen) atoms. The molecule has 14 nitrogen and oxygen atoms in total. The van der Waals surface area contributed by atoms with E-state index in [2.05, 4.69) is 21.4 Å². The molecule has 0 saturated heterocycles. The number of esters is 1. The third-order valence-electron chi connectivity index (χ3n) is 7.09. The number of hydrogen-bond acceptors (Lipinski definition) is 13. The van der Waals surface area contributed by atoms with Crippen LogP contribution in [0.15, 0.2) is 30.5 Å². The number of hydrogen-bond donors (Lipinski definition) is 1. The molecule has 1 N–H and O–H groups in total. The largest absolute Gasteiger partial charge is 0.494 e. The van der Waals surface area contributed by atoms with Gasteiger partial charge in [-0.1, -0.05) is 13.8 Å². The number of aromatic nitrogens is 3. The molecule has 0 bridgehead atoms. The highest BCUT2D eigenvalue weighted by atomic mass is 16.6. The normalized spacial score (nSPS) is 13.4. The number of carbonyl (C=O) groups excluding carboxylic acids is 1. The van der Waals surface area contributed by atoms with Crippen LogP contribution in [-0.2, 0) is 10.2 Å². The standard InChI is InChI=1S/C30H37N9O5/c1-18(2)44-28(40)20-16-32-29(35-27(20)38-17-30(3,4)26-22(38)10-9-19(15-31)33-26)34-21-13-24(39(41)42)23(14-25(21)43-8)37(7)12-11-36(5)6/h9-10,13-14,16,18H,11-12,17H2,1-8H3,(H,32,34,35). The maximum absolute atomic E-state index is 13.2. The van der Waals surface area contributed by atoms with Crippen molar-refractivity contribution >= 4 is 40.5 Å². The van der Waals surface area contributed by atoms with Crippen LogP contribution in [0, 0.1) is 21.4 Å². The van der Waals surface area contributed by atoms with Crippen molar-refractivity contribution in [3.8, 4) is 11.8 Å². The molecule has 232 valence electrons. The van der Waals surface area contributed by atoms with E-state index in [0.717, 1.165) is 0 Å². The number of carbonyl (C=O) groups is 1. The van der Waals surface area contributed by atoms with E-state index in [1.807, 2.05) is 37.7 Å². The summed E-state index contributed by atoms with van der Waals surface area (Å²) < 4.78 is 11.1. The number of nitrogens with zero attached hydrogens (tertiary/aromatic N) is 8. The van der Waals surface area contributed by atoms with E-state index in [1.54, 1.807) is 44.0 Å². The molecule has 0 fully saturated rings. The summed E-state index contributed by atoms with van der Waals surface area (Å²) in [4.78, 5) is 44.1. The summed E-state index contributed by atoms with van der Waals surface area (Å²) in [6.45, 7) is 9.14. The maximum Gasteiger partial charge on any atom is 0.343 e. The van der Waals surface area contributed by atoms with Crippen molar-refractivity contribution < 1.29 is 19.2 Å². The number of rotatable bonds is 11. The Bertz CT molecular complexity index is 1620. The molecule has 14 heteroatoms. The van der Waals surface area contributed by atoms with E-state index in [-0.39, 0.29) is 40.5 Å². The van der Waals surface area contributed by atoms with Crippen molar-refractivity contribution in [3.05, 3.63) is 57.5 Å². The number of anilines is 5. The molecule has 2 aromatic heterocycles. The van der Waals surface area contributed by atoms with Gasteiger partial charge < -0.3 is 29.5 Å². The number of fused-ring (bicyclic) bond motifs is 1. The first-order valence-electron chi connectivity index (χ1n) is 14.0. The van der Waals surface area contributed by atoms with Crippen LogP contribution >= 0.6 is 0 Å². The topological polar surface area (TPSA) is 163 Å². The fraction of sp³-hybridized carbons (Fsp3) is 0.433. The lowest BCUT2D eigenvalue weighted by atomic mass is 9.91. The highest BCUT2D eigenvalue weighted by Gasteiger charge is 2.40. The maximum atomic E-state index is 13.2. The van der Waals surface area contributed by atoms with Crippen molar-refractivity contribution in [3.63, 3.8) is 0 Å². The lowest BCUT2D eigenvalue weighted by molar-refractivity contribution is -0.384. The zero-order valence-corrected chi connectivity index (χ0v) is 26.2. The van der Waals surface area contributed by atoms with E-state index in [0.29, 0.717) is 42.5 Å². The second kappa shape index (κ2) is 12.7. The third kappa shape index (κ3) is 6.63. The molecule has 1 aliphatic rings. The van der Waals surface area contributed by atoms with Gasteiger partial charge in [0.1, 0.15) is 28.8 Å². The molecule has 0 saturated carbocycles. The highest BCUT2D eigenvalue weighted by Crippen LogP contribution is 2.44. The average Bonchev–Trinajstić information content (AvgIpc) is 3.24. The number of pyridine rings is 1. The molecule has 0 unspecified atom stereocenters. The van der Waals surface area contributed by atoms with Crippen LogP contribution in [0.3, 0.4) is 0 Å². The quantitative estimate of drug-likeness (QED) is 0.187. The summed E-state index contributed by atoms with van der Waals surface area (Å²) in [6.07, 6.45) is 0.983. The predicted octanol–water partition coefficient (Wildman–Crippen LogP) is 4.40. The molecule has 0 radical (unpaired) electrons. The van der Waals surface area contributed by atoms with E-state index >= 15 is 0 Å². The lowest BCUT2D eigenvalue weighted by Gasteiger charge is -2.24. The van der Waals surface area contributed by atoms with Gasteiger partial charge in [0.2, 0.25) is 5.95 Å². The summed E-state index contributed by atoms with van der Waals surface area (Å²) in [6, 6.07) is 8.45. The second-order valence-electron chi connectivity index (χ2n) is 11.7. The number of nitrogens with one attached hydrogen (secondary N) is 1. The SMILES string of the molecule is COc1cc(N(C)CCN(C)C)c([N+](=O)[O-])cc1Nc1ncc(C(=O)OC(C)C)c(N2CC(C)(C)c3nc(C#N)ccc32)n1. The smallest absolute Gasteiger partial charge is 0.343 e. The lowest BCUT2D eigenvalue weighted by Crippen LogP contribution is -2.29. The Morgan fingerprint density at radius 2 is 1.95 bits per heavy atom. The zero-order valence-electron chi connectivity index (χ0n) is 26.2. The summed E-state index contributed by atoms with van der Waals surface area (Å²) in [5, 5.41) is 24.6. The van der Waals surface area contributed by atoms with E-state index in [9.17, 15) is 20.2 Å². The summed E-state index contributed by atoms with van der Waals surface area (Å²) in [5.41, 5.74) is 1.87. The molecule has 4 rings (SSSR count). The minimum Gasteiger partial charge on any atom is -0.494 e. The molecule has 1 aromatic carbocycles. The number of likely N-dealkylation sites (N-methyl/N-ethyl adjacent to an activating group) is 2. The molecule has 0 aliphatic carbocycles. The third-order valence-corrected chi connectivity index (χ3v) is 7.09. The van der Waals surface area contributed by atoms with Crippen LogP contribution < -0.4 is 19.9 Å². The molecule has 1 aliphatic heterocycles. The van der Waals surface area contributed by atoms with Crippen LogP contribution in [0.5, 0.6) is 5.75 Å². The Labute approximate surface area is 256 Å². The van der Waals surface area contributed by atoms with Gasteiger partial charge >= 0.3 is 5.97 Å². The Kier molecular flexibility index (Phi) is 9.19. The summed E-state index contributed by atoms with van der Waals surface area (Å²) >= 11 is 0. The molecule has 3 aromatic rings. The zero-order chi connectivity index (χ0) is 32.3. The van der Waals surface area contributed by atoms with Gasteiger partial charge in [0.05, 0.1) is 35.2 Å². The minimum absolute atomic E-state index is 0.0790. The van der Waals surface area contributed by atoms with Crippen molar-refractivity contribution in [2.24, 2.45) is 0 Å². The second-order valence-corrected chi connectivity index (χ2v) is 11.7. The number of nitro groups is 1. The number of nitro benzene ring substituents is 1. The van der Waals surface area contributed by atoms with Crippen LogP contribution in [0.4, 0.5) is 34.5 Å². The first-order valence-corrected chi connectivity index (χ1v) is 14.0. The van der Waals surface area contributed by atoms with E-state index < -0.39 is 16.3 Å². The van der Waals surface area contributed by atoms with Gasteiger partial charge in [0.25, 0.3) is 5.69 Å². The number of benzene rings is 1. The Balaban J connectivity index is 1.80. The Morgan fingerprint density at radius 1 is 1.23 bits per heavy atom. The summed E-state index contributed by atoms with van der Waals surface area (Å²) in [7, 11) is 7.12. The van der Waals surface area contributed by atoms with Gasteiger partial charge in [-0.15, -0.1) is 0 Å². The monoisotopic (exact) mass is 603 g/mol. The molecule has 3 heterocycles. The van der Waals surface area contributed by atoms with Gasteiger partial charge in [-0.2, -0.15) is 10.2 Å². The highest BCUT2D eigenvalue weighted by molar-refractivity contribution is 5.96. The average molecular weight is 604 g/mol. The molecule has 0 amide bonds. The van der Waals surface area contributed by atoms with E-state index in [4.69, 9.17) is 14.5 Å². The van der Waals surface area contributed by atoms with Gasteiger partial charge in [0, 0.05) is 50.4 Å². The van der Waals surface area contributed by atoms with Crippen LogP contribution in [0.25, 0.3) is 0 Å². The van der Waals surface area contributed by atoms with Gasteiger partial charge in [-0.25, -0.2) is 14.8 Å². The fourth-order valence-corrected chi connectivity index (χ4v) is 4.90. The van der Waals surface area contributed by atoms with E-state index in [1.165, 1.54) is 19.4 Å². The number of methoxy groups -OCH3 is 1. The molecule has 0 spiro atoms. The van der Waals surface area contributed by atoms with Crippen LogP contribution in [0.2, 0.25) is 0 Å². The van der Waals surface area contributed by atoms with Crippen molar-refractivity contribution in [1.29, 1.82) is 5.26 Å². The van der Waals surface area contributed by atoms with Crippen LogP contribution in [0.1, 0.15) is 49.4 Å². The number of ether oxygens (including phenoxy) is 2. The van der Waals surface area contributed by atoms with Gasteiger partial charge in [0.15, 0.2) is 5.82 Å². The van der Waals surface area contributed by atoms with Crippen molar-refractivity contribution in [2.75, 3.05) is 63.0 Å². The first-order chi connectivity index (χ1) is 20.7. The van der Waals surface area contributed by atoms with Gasteiger partial charge in [-0.05, 0) is 40.1 Å². The molecule has 0 atom stereocenters. The fourth-order valence-electron chi connectivity index (χ4n) is 4.90. The first kappa shape index (κ1) is 31.9.